The molecule has 0 amide bonds. The smallest absolute Gasteiger partial charge is 0.176 e. The summed E-state index contributed by atoms with van der Waals surface area (Å²) in [5.41, 5.74) is 0.812. The summed E-state index contributed by atoms with van der Waals surface area (Å²) in [6.45, 7) is 5.26. The van der Waals surface area contributed by atoms with Crippen LogP contribution in [-0.4, -0.2) is 43.0 Å². The molecule has 0 bridgehead atoms. The summed E-state index contributed by atoms with van der Waals surface area (Å²) in [4.78, 5) is 14.4. The Kier molecular flexibility index (Phi) is 5.78. The summed E-state index contributed by atoms with van der Waals surface area (Å²) >= 11 is 2.25. The number of carbonyl (C=O) groups is 1. The number of ether oxygens (including phenoxy) is 1. The average Bonchev–Trinajstić information content (AvgIpc) is 2.42. The number of ketones is 1. The van der Waals surface area contributed by atoms with Crippen molar-refractivity contribution < 1.29 is 9.53 Å². The monoisotopic (exact) mass is 373 g/mol. The van der Waals surface area contributed by atoms with Gasteiger partial charge in [0.2, 0.25) is 0 Å². The van der Waals surface area contributed by atoms with Crippen molar-refractivity contribution >= 4 is 28.4 Å². The number of hydrogen-bond acceptors (Lipinski definition) is 3. The first-order valence-electron chi connectivity index (χ1n) is 6.81. The van der Waals surface area contributed by atoms with E-state index in [2.05, 4.69) is 27.5 Å². The van der Waals surface area contributed by atoms with E-state index in [1.54, 1.807) is 0 Å². The van der Waals surface area contributed by atoms with Crippen molar-refractivity contribution in [2.75, 3.05) is 26.2 Å². The first kappa shape index (κ1) is 14.9. The lowest BCUT2D eigenvalue weighted by molar-refractivity contribution is 0.0147. The molecule has 0 spiro atoms. The second kappa shape index (κ2) is 7.36. The van der Waals surface area contributed by atoms with Crippen molar-refractivity contribution in [1.82, 2.24) is 4.90 Å². The van der Waals surface area contributed by atoms with Gasteiger partial charge in [0.25, 0.3) is 0 Å². The summed E-state index contributed by atoms with van der Waals surface area (Å²) in [5.74, 6) is 0.214. The summed E-state index contributed by atoms with van der Waals surface area (Å²) in [7, 11) is 0. The van der Waals surface area contributed by atoms with Gasteiger partial charge in [-0.25, -0.2) is 0 Å². The van der Waals surface area contributed by atoms with Gasteiger partial charge in [-0.2, -0.15) is 0 Å². The van der Waals surface area contributed by atoms with E-state index in [9.17, 15) is 4.79 Å². The molecule has 0 unspecified atom stereocenters. The molecule has 0 aromatic heterocycles. The molecule has 1 aromatic carbocycles. The molecule has 19 heavy (non-hydrogen) atoms. The maximum atomic E-state index is 12.2. The standard InChI is InChI=1S/C15H20INO2/c1-2-19-14-7-9-17(10-8-14)11-15(18)12-3-5-13(16)6-4-12/h3-6,14H,2,7-11H2,1H3. The van der Waals surface area contributed by atoms with E-state index in [-0.39, 0.29) is 5.78 Å². The summed E-state index contributed by atoms with van der Waals surface area (Å²) in [5, 5.41) is 0. The lowest BCUT2D eigenvalue weighted by atomic mass is 10.1. The molecule has 0 saturated carbocycles. The third-order valence-corrected chi connectivity index (χ3v) is 4.19. The Hall–Kier alpha value is -0.460. The first-order chi connectivity index (χ1) is 9.19. The van der Waals surface area contributed by atoms with Gasteiger partial charge in [-0.1, -0.05) is 12.1 Å². The fraction of sp³-hybridized carbons (Fsp3) is 0.533. The second-order valence-corrected chi connectivity index (χ2v) is 6.11. The molecule has 1 aliphatic rings. The highest BCUT2D eigenvalue weighted by Crippen LogP contribution is 2.14. The molecule has 2 rings (SSSR count). The van der Waals surface area contributed by atoms with Gasteiger partial charge < -0.3 is 4.74 Å². The van der Waals surface area contributed by atoms with E-state index in [4.69, 9.17) is 4.74 Å². The molecule has 0 N–H and O–H groups in total. The summed E-state index contributed by atoms with van der Waals surface area (Å²) < 4.78 is 6.78. The molecule has 4 heteroatoms. The number of carbonyl (C=O) groups excluding carboxylic acids is 1. The van der Waals surface area contributed by atoms with Gasteiger partial charge >= 0.3 is 0 Å². The molecule has 1 saturated heterocycles. The largest absolute Gasteiger partial charge is 0.378 e. The number of benzene rings is 1. The number of nitrogens with zero attached hydrogens (tertiary/aromatic N) is 1. The molecular formula is C15H20INO2. The van der Waals surface area contributed by atoms with Crippen LogP contribution in [0.25, 0.3) is 0 Å². The van der Waals surface area contributed by atoms with Crippen LogP contribution in [0.1, 0.15) is 30.1 Å². The molecule has 3 nitrogen and oxygen atoms in total. The van der Waals surface area contributed by atoms with E-state index >= 15 is 0 Å². The Bertz CT molecular complexity index is 411. The number of rotatable bonds is 5. The van der Waals surface area contributed by atoms with E-state index < -0.39 is 0 Å². The van der Waals surface area contributed by atoms with Gasteiger partial charge in [-0.3, -0.25) is 9.69 Å². The highest BCUT2D eigenvalue weighted by atomic mass is 127. The average molecular weight is 373 g/mol. The Morgan fingerprint density at radius 3 is 2.53 bits per heavy atom. The zero-order valence-corrected chi connectivity index (χ0v) is 13.4. The normalized spacial score (nSPS) is 17.6. The fourth-order valence-corrected chi connectivity index (χ4v) is 2.76. The van der Waals surface area contributed by atoms with Gasteiger partial charge in [0.05, 0.1) is 12.6 Å². The predicted molar refractivity (Wildman–Crippen MR) is 84.6 cm³/mol. The molecule has 0 radical (unpaired) electrons. The van der Waals surface area contributed by atoms with Crippen molar-refractivity contribution in [3.63, 3.8) is 0 Å². The minimum Gasteiger partial charge on any atom is -0.378 e. The van der Waals surface area contributed by atoms with Crippen LogP contribution < -0.4 is 0 Å². The molecule has 0 aliphatic carbocycles. The van der Waals surface area contributed by atoms with Crippen LogP contribution >= 0.6 is 22.6 Å². The van der Waals surface area contributed by atoms with Gasteiger partial charge in [0.15, 0.2) is 5.78 Å². The third kappa shape index (κ3) is 4.54. The number of Topliss-reactive ketones (excluding diaryl/α,β-unsaturated/α-hetero) is 1. The van der Waals surface area contributed by atoms with Crippen LogP contribution in [0.4, 0.5) is 0 Å². The maximum absolute atomic E-state index is 12.2. The van der Waals surface area contributed by atoms with Crippen LogP contribution in [0.15, 0.2) is 24.3 Å². The highest BCUT2D eigenvalue weighted by molar-refractivity contribution is 14.1. The van der Waals surface area contributed by atoms with Crippen molar-refractivity contribution in [3.05, 3.63) is 33.4 Å². The van der Waals surface area contributed by atoms with E-state index in [1.807, 2.05) is 31.2 Å². The molecule has 1 heterocycles. The Balaban J connectivity index is 1.82. The SMILES string of the molecule is CCOC1CCN(CC(=O)c2ccc(I)cc2)CC1. The number of likely N-dealkylation sites (tertiary alicyclic amines) is 1. The Morgan fingerprint density at radius 2 is 1.95 bits per heavy atom. The van der Waals surface area contributed by atoms with Crippen molar-refractivity contribution in [2.24, 2.45) is 0 Å². The quantitative estimate of drug-likeness (QED) is 0.587. The zero-order chi connectivity index (χ0) is 13.7. The maximum Gasteiger partial charge on any atom is 0.176 e. The zero-order valence-electron chi connectivity index (χ0n) is 11.3. The first-order valence-corrected chi connectivity index (χ1v) is 7.89. The number of halogens is 1. The minimum atomic E-state index is 0.214. The van der Waals surface area contributed by atoms with Gasteiger partial charge in [0.1, 0.15) is 0 Å². The molecule has 1 aromatic rings. The van der Waals surface area contributed by atoms with Gasteiger partial charge in [0, 0.05) is 28.8 Å². The molecule has 1 fully saturated rings. The lowest BCUT2D eigenvalue weighted by Gasteiger charge is -2.31. The van der Waals surface area contributed by atoms with E-state index in [0.29, 0.717) is 12.6 Å². The number of piperidine rings is 1. The fourth-order valence-electron chi connectivity index (χ4n) is 2.40. The van der Waals surface area contributed by atoms with Crippen LogP contribution in [0.3, 0.4) is 0 Å². The van der Waals surface area contributed by atoms with Crippen molar-refractivity contribution in [1.29, 1.82) is 0 Å². The lowest BCUT2D eigenvalue weighted by Crippen LogP contribution is -2.39. The highest BCUT2D eigenvalue weighted by Gasteiger charge is 2.21. The van der Waals surface area contributed by atoms with Crippen LogP contribution in [0, 0.1) is 3.57 Å². The molecule has 104 valence electrons. The minimum absolute atomic E-state index is 0.214. The second-order valence-electron chi connectivity index (χ2n) is 4.86. The Labute approximate surface area is 128 Å². The molecule has 1 aliphatic heterocycles. The van der Waals surface area contributed by atoms with E-state index in [1.165, 1.54) is 0 Å². The van der Waals surface area contributed by atoms with Crippen LogP contribution in [0.5, 0.6) is 0 Å². The van der Waals surface area contributed by atoms with Gasteiger partial charge in [-0.05, 0) is 54.5 Å². The predicted octanol–water partition coefficient (Wildman–Crippen LogP) is 2.97. The van der Waals surface area contributed by atoms with Crippen LogP contribution in [-0.2, 0) is 4.74 Å². The number of hydrogen-bond donors (Lipinski definition) is 0. The van der Waals surface area contributed by atoms with E-state index in [0.717, 1.165) is 41.7 Å². The third-order valence-electron chi connectivity index (χ3n) is 3.47. The summed E-state index contributed by atoms with van der Waals surface area (Å²) in [6, 6.07) is 7.79. The van der Waals surface area contributed by atoms with Crippen molar-refractivity contribution in [3.8, 4) is 0 Å². The topological polar surface area (TPSA) is 29.5 Å². The Morgan fingerprint density at radius 1 is 1.32 bits per heavy atom. The molecule has 0 atom stereocenters. The van der Waals surface area contributed by atoms with Gasteiger partial charge in [-0.15, -0.1) is 0 Å². The van der Waals surface area contributed by atoms with Crippen LogP contribution in [0.2, 0.25) is 0 Å². The summed E-state index contributed by atoms with van der Waals surface area (Å²) in [6.07, 6.45) is 2.45. The molecular weight excluding hydrogens is 353 g/mol. The van der Waals surface area contributed by atoms with Crippen molar-refractivity contribution in [2.45, 2.75) is 25.9 Å².